The van der Waals surface area contributed by atoms with E-state index >= 15 is 0 Å². The highest BCUT2D eigenvalue weighted by Crippen LogP contribution is 2.16. The van der Waals surface area contributed by atoms with Crippen molar-refractivity contribution in [2.24, 2.45) is 5.92 Å². The van der Waals surface area contributed by atoms with Gasteiger partial charge in [0.05, 0.1) is 7.11 Å². The van der Waals surface area contributed by atoms with Crippen LogP contribution in [0.3, 0.4) is 0 Å². The fraction of sp³-hybridized carbons (Fsp3) is 0.533. The molecule has 0 unspecified atom stereocenters. The molecule has 3 rings (SSSR count). The first-order valence-corrected chi connectivity index (χ1v) is 7.44. The Balaban J connectivity index is 1.66. The van der Waals surface area contributed by atoms with Gasteiger partial charge in [0.15, 0.2) is 5.82 Å². The van der Waals surface area contributed by atoms with E-state index in [1.807, 2.05) is 16.8 Å². The van der Waals surface area contributed by atoms with Gasteiger partial charge in [-0.15, -0.1) is 5.10 Å². The highest BCUT2D eigenvalue weighted by atomic mass is 16.5. The minimum atomic E-state index is 0.671. The molecule has 1 aliphatic heterocycles. The van der Waals surface area contributed by atoms with Crippen molar-refractivity contribution in [1.29, 1.82) is 0 Å². The molecule has 21 heavy (non-hydrogen) atoms. The van der Waals surface area contributed by atoms with Crippen molar-refractivity contribution in [3.63, 3.8) is 0 Å². The quantitative estimate of drug-likeness (QED) is 0.897. The molecule has 1 aromatic carbocycles. The molecular weight excluding hydrogens is 266 g/mol. The summed E-state index contributed by atoms with van der Waals surface area (Å²) < 4.78 is 7.14. The van der Waals surface area contributed by atoms with Crippen LogP contribution in [0.1, 0.15) is 24.2 Å². The number of nitrogens with one attached hydrogen (secondary N) is 1. The Labute approximate surface area is 124 Å². The van der Waals surface area contributed by atoms with E-state index in [4.69, 9.17) is 4.74 Å². The standard InChI is InChI=1S/C15H21N5O/c1-21-14-4-2-12(3-5-14)10-15-17-18-19-20(15)11-13-6-8-16-9-7-13/h2-5,13,16H,6-11H2,1H3. The van der Waals surface area contributed by atoms with Crippen LogP contribution in [0.4, 0.5) is 0 Å². The number of nitrogens with zero attached hydrogens (tertiary/aromatic N) is 4. The molecular formula is C15H21N5O. The molecule has 1 saturated heterocycles. The van der Waals surface area contributed by atoms with Crippen molar-refractivity contribution < 1.29 is 4.74 Å². The normalized spacial score (nSPS) is 16.0. The van der Waals surface area contributed by atoms with Gasteiger partial charge in [0.25, 0.3) is 0 Å². The fourth-order valence-electron chi connectivity index (χ4n) is 2.73. The van der Waals surface area contributed by atoms with Crippen LogP contribution in [0.25, 0.3) is 0 Å². The second-order valence-electron chi connectivity index (χ2n) is 5.50. The zero-order valence-electron chi connectivity index (χ0n) is 12.3. The molecule has 0 aliphatic carbocycles. The number of methoxy groups -OCH3 is 1. The first kappa shape index (κ1) is 14.0. The second-order valence-corrected chi connectivity index (χ2v) is 5.50. The third-order valence-corrected chi connectivity index (χ3v) is 4.02. The van der Waals surface area contributed by atoms with Crippen molar-refractivity contribution in [2.75, 3.05) is 20.2 Å². The molecule has 0 amide bonds. The predicted octanol–water partition coefficient (Wildman–Crippen LogP) is 1.27. The van der Waals surface area contributed by atoms with Crippen LogP contribution < -0.4 is 10.1 Å². The highest BCUT2D eigenvalue weighted by molar-refractivity contribution is 5.28. The zero-order chi connectivity index (χ0) is 14.5. The number of tetrazole rings is 1. The number of aromatic nitrogens is 4. The van der Waals surface area contributed by atoms with E-state index in [-0.39, 0.29) is 0 Å². The summed E-state index contributed by atoms with van der Waals surface area (Å²) in [5, 5.41) is 15.6. The molecule has 1 aliphatic rings. The SMILES string of the molecule is COc1ccc(Cc2nnnn2CC2CCNCC2)cc1. The summed E-state index contributed by atoms with van der Waals surface area (Å²) in [7, 11) is 1.68. The van der Waals surface area contributed by atoms with E-state index in [0.717, 1.165) is 37.6 Å². The fourth-order valence-corrected chi connectivity index (χ4v) is 2.73. The van der Waals surface area contributed by atoms with Gasteiger partial charge in [0, 0.05) is 13.0 Å². The van der Waals surface area contributed by atoms with Gasteiger partial charge >= 0.3 is 0 Å². The van der Waals surface area contributed by atoms with Crippen molar-refractivity contribution in [2.45, 2.75) is 25.8 Å². The Morgan fingerprint density at radius 2 is 2.00 bits per heavy atom. The van der Waals surface area contributed by atoms with Crippen LogP contribution in [-0.4, -0.2) is 40.4 Å². The van der Waals surface area contributed by atoms with E-state index in [1.54, 1.807) is 7.11 Å². The Morgan fingerprint density at radius 3 is 2.71 bits per heavy atom. The van der Waals surface area contributed by atoms with E-state index in [0.29, 0.717) is 5.92 Å². The maximum Gasteiger partial charge on any atom is 0.155 e. The number of ether oxygens (including phenoxy) is 1. The van der Waals surface area contributed by atoms with E-state index < -0.39 is 0 Å². The average Bonchev–Trinajstić information content (AvgIpc) is 2.96. The Morgan fingerprint density at radius 1 is 1.24 bits per heavy atom. The van der Waals surface area contributed by atoms with Gasteiger partial charge in [-0.25, -0.2) is 4.68 Å². The minimum absolute atomic E-state index is 0.671. The number of rotatable bonds is 5. The Hall–Kier alpha value is -1.95. The lowest BCUT2D eigenvalue weighted by molar-refractivity contribution is 0.315. The highest BCUT2D eigenvalue weighted by Gasteiger charge is 2.16. The second kappa shape index (κ2) is 6.67. The van der Waals surface area contributed by atoms with Crippen LogP contribution in [0.2, 0.25) is 0 Å². The number of piperidine rings is 1. The number of hydrogen-bond acceptors (Lipinski definition) is 5. The third kappa shape index (κ3) is 3.58. The molecule has 1 N–H and O–H groups in total. The molecule has 0 atom stereocenters. The molecule has 0 spiro atoms. The molecule has 6 heteroatoms. The van der Waals surface area contributed by atoms with Crippen LogP contribution in [-0.2, 0) is 13.0 Å². The number of hydrogen-bond donors (Lipinski definition) is 1. The first-order valence-electron chi connectivity index (χ1n) is 7.44. The summed E-state index contributed by atoms with van der Waals surface area (Å²) in [6.07, 6.45) is 3.14. The maximum absolute atomic E-state index is 5.18. The van der Waals surface area contributed by atoms with Gasteiger partial charge in [-0.3, -0.25) is 0 Å². The molecule has 2 aromatic rings. The lowest BCUT2D eigenvalue weighted by Gasteiger charge is -2.22. The summed E-state index contributed by atoms with van der Waals surface area (Å²) in [6.45, 7) is 3.11. The molecule has 0 radical (unpaired) electrons. The topological polar surface area (TPSA) is 64.9 Å². The summed E-state index contributed by atoms with van der Waals surface area (Å²) in [5.74, 6) is 2.47. The Bertz CT molecular complexity index is 560. The molecule has 6 nitrogen and oxygen atoms in total. The summed E-state index contributed by atoms with van der Waals surface area (Å²) in [5.41, 5.74) is 1.19. The van der Waals surface area contributed by atoms with Crippen LogP contribution in [0.5, 0.6) is 5.75 Å². The van der Waals surface area contributed by atoms with Crippen molar-refractivity contribution in [1.82, 2.24) is 25.5 Å². The van der Waals surface area contributed by atoms with E-state index in [1.165, 1.54) is 18.4 Å². The summed E-state index contributed by atoms with van der Waals surface area (Å²) in [6, 6.07) is 8.05. The minimum Gasteiger partial charge on any atom is -0.497 e. The summed E-state index contributed by atoms with van der Waals surface area (Å²) in [4.78, 5) is 0. The largest absolute Gasteiger partial charge is 0.497 e. The molecule has 0 bridgehead atoms. The molecule has 112 valence electrons. The van der Waals surface area contributed by atoms with Crippen LogP contribution >= 0.6 is 0 Å². The lowest BCUT2D eigenvalue weighted by atomic mass is 9.98. The van der Waals surface area contributed by atoms with E-state index in [9.17, 15) is 0 Å². The van der Waals surface area contributed by atoms with Gasteiger partial charge in [-0.1, -0.05) is 12.1 Å². The van der Waals surface area contributed by atoms with Crippen molar-refractivity contribution >= 4 is 0 Å². The molecule has 2 heterocycles. The summed E-state index contributed by atoms with van der Waals surface area (Å²) >= 11 is 0. The van der Waals surface area contributed by atoms with Gasteiger partial charge in [0.1, 0.15) is 5.75 Å². The van der Waals surface area contributed by atoms with Gasteiger partial charge in [0.2, 0.25) is 0 Å². The predicted molar refractivity (Wildman–Crippen MR) is 79.2 cm³/mol. The molecule has 1 aromatic heterocycles. The van der Waals surface area contributed by atoms with Gasteiger partial charge < -0.3 is 10.1 Å². The monoisotopic (exact) mass is 287 g/mol. The van der Waals surface area contributed by atoms with Crippen molar-refractivity contribution in [3.05, 3.63) is 35.7 Å². The van der Waals surface area contributed by atoms with Crippen molar-refractivity contribution in [3.8, 4) is 5.75 Å². The zero-order valence-corrected chi connectivity index (χ0v) is 12.3. The first-order chi connectivity index (χ1) is 10.3. The van der Waals surface area contributed by atoms with E-state index in [2.05, 4.69) is 33.0 Å². The molecule has 0 saturated carbocycles. The van der Waals surface area contributed by atoms with Crippen LogP contribution in [0, 0.1) is 5.92 Å². The lowest BCUT2D eigenvalue weighted by Crippen LogP contribution is -2.30. The molecule has 1 fully saturated rings. The van der Waals surface area contributed by atoms with Crippen LogP contribution in [0.15, 0.2) is 24.3 Å². The smallest absolute Gasteiger partial charge is 0.155 e. The average molecular weight is 287 g/mol. The van der Waals surface area contributed by atoms with Gasteiger partial charge in [-0.05, 0) is 60.0 Å². The Kier molecular flexibility index (Phi) is 4.45. The number of benzene rings is 1. The third-order valence-electron chi connectivity index (χ3n) is 4.02. The van der Waals surface area contributed by atoms with Gasteiger partial charge in [-0.2, -0.15) is 0 Å². The maximum atomic E-state index is 5.18.